The van der Waals surface area contributed by atoms with Crippen LogP contribution in [-0.4, -0.2) is 40.8 Å². The summed E-state index contributed by atoms with van der Waals surface area (Å²) in [5.41, 5.74) is 1.91. The van der Waals surface area contributed by atoms with E-state index in [9.17, 15) is 9.90 Å². The van der Waals surface area contributed by atoms with E-state index < -0.39 is 0 Å². The van der Waals surface area contributed by atoms with E-state index in [4.69, 9.17) is 4.52 Å². The zero-order valence-corrected chi connectivity index (χ0v) is 14.1. The molecule has 1 aromatic heterocycles. The minimum atomic E-state index is -0.260. The molecule has 1 amide bonds. The summed E-state index contributed by atoms with van der Waals surface area (Å²) in [6.07, 6.45) is 4.31. The maximum atomic E-state index is 12.4. The molecule has 0 bridgehead atoms. The van der Waals surface area contributed by atoms with Crippen molar-refractivity contribution in [1.82, 2.24) is 10.1 Å². The third-order valence-corrected chi connectivity index (χ3v) is 4.87. The Hall–Kier alpha value is -1.36. The molecular weight excluding hydrogens is 280 g/mol. The summed E-state index contributed by atoms with van der Waals surface area (Å²) in [5.74, 6) is 1.22. The van der Waals surface area contributed by atoms with Gasteiger partial charge in [0.25, 0.3) is 0 Å². The van der Waals surface area contributed by atoms with Gasteiger partial charge in [0.15, 0.2) is 0 Å². The Morgan fingerprint density at radius 1 is 1.41 bits per heavy atom. The third kappa shape index (κ3) is 3.88. The van der Waals surface area contributed by atoms with Gasteiger partial charge in [-0.1, -0.05) is 24.9 Å². The Morgan fingerprint density at radius 3 is 2.68 bits per heavy atom. The molecule has 1 aliphatic carbocycles. The van der Waals surface area contributed by atoms with E-state index in [2.05, 4.69) is 5.16 Å². The van der Waals surface area contributed by atoms with E-state index in [-0.39, 0.29) is 23.8 Å². The first-order valence-electron chi connectivity index (χ1n) is 8.25. The van der Waals surface area contributed by atoms with Crippen LogP contribution in [0.1, 0.15) is 62.0 Å². The summed E-state index contributed by atoms with van der Waals surface area (Å²) in [6, 6.07) is 0. The lowest BCUT2D eigenvalue weighted by molar-refractivity contribution is -0.131. The van der Waals surface area contributed by atoms with Crippen molar-refractivity contribution < 1.29 is 14.4 Å². The standard InChI is InChI=1S/C17H28N2O3/c1-11(17-12(2)18-22-13(17)3)9-16(21)19(4)10-14-7-5-6-8-15(14)20/h11,14-15,20H,5-10H2,1-4H3. The second-order valence-electron chi connectivity index (χ2n) is 6.73. The summed E-state index contributed by atoms with van der Waals surface area (Å²) in [7, 11) is 1.84. The fourth-order valence-corrected chi connectivity index (χ4v) is 3.57. The van der Waals surface area contributed by atoms with Crippen LogP contribution >= 0.6 is 0 Å². The largest absolute Gasteiger partial charge is 0.393 e. The number of carbonyl (C=O) groups excluding carboxylic acids is 1. The first-order valence-corrected chi connectivity index (χ1v) is 8.25. The first kappa shape index (κ1) is 17.0. The van der Waals surface area contributed by atoms with Crippen LogP contribution in [0.2, 0.25) is 0 Å². The van der Waals surface area contributed by atoms with Crippen LogP contribution in [0.15, 0.2) is 4.52 Å². The summed E-state index contributed by atoms with van der Waals surface area (Å²) < 4.78 is 5.19. The average Bonchev–Trinajstić information content (AvgIpc) is 2.80. The zero-order chi connectivity index (χ0) is 16.3. The molecule has 22 heavy (non-hydrogen) atoms. The molecule has 5 nitrogen and oxygen atoms in total. The molecule has 1 aliphatic rings. The molecule has 5 heteroatoms. The average molecular weight is 308 g/mol. The van der Waals surface area contributed by atoms with Gasteiger partial charge in [-0.15, -0.1) is 0 Å². The molecule has 124 valence electrons. The Morgan fingerprint density at radius 2 is 2.09 bits per heavy atom. The predicted molar refractivity (Wildman–Crippen MR) is 84.6 cm³/mol. The number of rotatable bonds is 5. The Balaban J connectivity index is 1.91. The molecule has 1 saturated carbocycles. The van der Waals surface area contributed by atoms with Crippen LogP contribution in [0.4, 0.5) is 0 Å². The van der Waals surface area contributed by atoms with Gasteiger partial charge in [-0.2, -0.15) is 0 Å². The number of aromatic nitrogens is 1. The van der Waals surface area contributed by atoms with Gasteiger partial charge in [0.05, 0.1) is 11.8 Å². The molecule has 0 saturated heterocycles. The number of aliphatic hydroxyl groups is 1. The Labute approximate surface area is 132 Å². The summed E-state index contributed by atoms with van der Waals surface area (Å²) in [4.78, 5) is 14.2. The van der Waals surface area contributed by atoms with Gasteiger partial charge >= 0.3 is 0 Å². The van der Waals surface area contributed by atoms with E-state index in [0.29, 0.717) is 13.0 Å². The maximum absolute atomic E-state index is 12.4. The normalized spacial score (nSPS) is 23.3. The van der Waals surface area contributed by atoms with Gasteiger partial charge in [0, 0.05) is 31.5 Å². The molecule has 0 aliphatic heterocycles. The topological polar surface area (TPSA) is 66.6 Å². The van der Waals surface area contributed by atoms with Crippen molar-refractivity contribution in [3.05, 3.63) is 17.0 Å². The Kier molecular flexibility index (Phi) is 5.62. The monoisotopic (exact) mass is 308 g/mol. The van der Waals surface area contributed by atoms with E-state index in [1.54, 1.807) is 4.90 Å². The molecular formula is C17H28N2O3. The molecule has 1 N–H and O–H groups in total. The van der Waals surface area contributed by atoms with Crippen LogP contribution in [0.5, 0.6) is 0 Å². The quantitative estimate of drug-likeness (QED) is 0.908. The summed E-state index contributed by atoms with van der Waals surface area (Å²) in [6.45, 7) is 6.48. The number of nitrogens with zero attached hydrogens (tertiary/aromatic N) is 2. The number of aryl methyl sites for hydroxylation is 2. The minimum absolute atomic E-state index is 0.0949. The van der Waals surface area contributed by atoms with Crippen molar-refractivity contribution in [2.24, 2.45) is 5.92 Å². The van der Waals surface area contributed by atoms with Gasteiger partial charge in [-0.25, -0.2) is 0 Å². The van der Waals surface area contributed by atoms with Gasteiger partial charge in [0.1, 0.15) is 5.76 Å². The van der Waals surface area contributed by atoms with Crippen molar-refractivity contribution in [3.8, 4) is 0 Å². The molecule has 1 fully saturated rings. The van der Waals surface area contributed by atoms with E-state index in [1.807, 2.05) is 27.8 Å². The van der Waals surface area contributed by atoms with Crippen molar-refractivity contribution in [2.75, 3.05) is 13.6 Å². The lowest BCUT2D eigenvalue weighted by Gasteiger charge is -2.31. The second kappa shape index (κ2) is 7.27. The van der Waals surface area contributed by atoms with Crippen LogP contribution in [0.3, 0.4) is 0 Å². The fourth-order valence-electron chi connectivity index (χ4n) is 3.57. The van der Waals surface area contributed by atoms with Gasteiger partial charge in [-0.05, 0) is 32.6 Å². The highest BCUT2D eigenvalue weighted by atomic mass is 16.5. The maximum Gasteiger partial charge on any atom is 0.222 e. The van der Waals surface area contributed by atoms with Gasteiger partial charge in [0.2, 0.25) is 5.91 Å². The van der Waals surface area contributed by atoms with Crippen molar-refractivity contribution in [3.63, 3.8) is 0 Å². The summed E-state index contributed by atoms with van der Waals surface area (Å²) in [5, 5.41) is 14.0. The minimum Gasteiger partial charge on any atom is -0.393 e. The van der Waals surface area contributed by atoms with E-state index >= 15 is 0 Å². The van der Waals surface area contributed by atoms with Gasteiger partial charge < -0.3 is 14.5 Å². The number of hydrogen-bond acceptors (Lipinski definition) is 4. The lowest BCUT2D eigenvalue weighted by atomic mass is 9.86. The smallest absolute Gasteiger partial charge is 0.222 e. The van der Waals surface area contributed by atoms with E-state index in [1.165, 1.54) is 0 Å². The molecule has 0 aromatic carbocycles. The number of aliphatic hydroxyl groups excluding tert-OH is 1. The highest BCUT2D eigenvalue weighted by Crippen LogP contribution is 2.28. The highest BCUT2D eigenvalue weighted by molar-refractivity contribution is 5.76. The van der Waals surface area contributed by atoms with Crippen molar-refractivity contribution in [2.45, 2.75) is 64.9 Å². The third-order valence-electron chi connectivity index (χ3n) is 4.87. The van der Waals surface area contributed by atoms with Crippen LogP contribution in [0.25, 0.3) is 0 Å². The fraction of sp³-hybridized carbons (Fsp3) is 0.765. The summed E-state index contributed by atoms with van der Waals surface area (Å²) >= 11 is 0. The molecule has 3 atom stereocenters. The number of hydrogen-bond donors (Lipinski definition) is 1. The zero-order valence-electron chi connectivity index (χ0n) is 14.1. The van der Waals surface area contributed by atoms with Crippen LogP contribution in [-0.2, 0) is 4.79 Å². The molecule has 0 radical (unpaired) electrons. The molecule has 0 spiro atoms. The van der Waals surface area contributed by atoms with Crippen molar-refractivity contribution >= 4 is 5.91 Å². The number of amides is 1. The van der Waals surface area contributed by atoms with Gasteiger partial charge in [-0.3, -0.25) is 4.79 Å². The molecule has 1 heterocycles. The van der Waals surface area contributed by atoms with Crippen molar-refractivity contribution in [1.29, 1.82) is 0 Å². The molecule has 1 aromatic rings. The SMILES string of the molecule is Cc1noc(C)c1C(C)CC(=O)N(C)CC1CCCCC1O. The molecule has 2 rings (SSSR count). The lowest BCUT2D eigenvalue weighted by Crippen LogP contribution is -2.38. The van der Waals surface area contributed by atoms with E-state index in [0.717, 1.165) is 42.7 Å². The van der Waals surface area contributed by atoms with Crippen LogP contribution < -0.4 is 0 Å². The predicted octanol–water partition coefficient (Wildman–Crippen LogP) is 2.79. The number of carbonyl (C=O) groups is 1. The first-order chi connectivity index (χ1) is 10.4. The van der Waals surface area contributed by atoms with Crippen LogP contribution in [0, 0.1) is 19.8 Å². The molecule has 3 unspecified atom stereocenters. The Bertz CT molecular complexity index is 493. The highest BCUT2D eigenvalue weighted by Gasteiger charge is 2.27. The second-order valence-corrected chi connectivity index (χ2v) is 6.73.